The van der Waals surface area contributed by atoms with E-state index in [9.17, 15) is 0 Å². The number of aryl methyl sites for hydroxylation is 2. The Labute approximate surface area is 105 Å². The summed E-state index contributed by atoms with van der Waals surface area (Å²) in [6.45, 7) is 4.47. The molecule has 0 radical (unpaired) electrons. The zero-order valence-electron chi connectivity index (χ0n) is 11.3. The van der Waals surface area contributed by atoms with Crippen LogP contribution >= 0.6 is 0 Å². The fourth-order valence-corrected chi connectivity index (χ4v) is 3.08. The molecule has 0 heterocycles. The molecule has 0 aromatic heterocycles. The topological polar surface area (TPSA) is 26.0 Å². The van der Waals surface area contributed by atoms with Crippen molar-refractivity contribution in [2.24, 2.45) is 5.73 Å². The maximum atomic E-state index is 6.60. The van der Waals surface area contributed by atoms with Gasteiger partial charge in [-0.1, -0.05) is 51.3 Å². The van der Waals surface area contributed by atoms with Crippen LogP contribution in [0.4, 0.5) is 0 Å². The van der Waals surface area contributed by atoms with E-state index in [0.29, 0.717) is 0 Å². The number of rotatable bonds is 3. The number of hydrogen-bond acceptors (Lipinski definition) is 1. The van der Waals surface area contributed by atoms with E-state index in [-0.39, 0.29) is 5.54 Å². The summed E-state index contributed by atoms with van der Waals surface area (Å²) < 4.78 is 0. The Kier molecular flexibility index (Phi) is 3.88. The molecule has 0 amide bonds. The molecule has 0 spiro atoms. The number of nitrogens with two attached hydrogens (primary N) is 1. The second-order valence-corrected chi connectivity index (χ2v) is 5.41. The highest BCUT2D eigenvalue weighted by molar-refractivity contribution is 5.36. The van der Waals surface area contributed by atoms with E-state index in [2.05, 4.69) is 32.0 Å². The molecule has 1 saturated carbocycles. The Morgan fingerprint density at radius 2 is 1.65 bits per heavy atom. The van der Waals surface area contributed by atoms with E-state index in [1.54, 1.807) is 0 Å². The second kappa shape index (κ2) is 5.22. The molecule has 1 fully saturated rings. The minimum atomic E-state index is -0.0472. The molecule has 1 aromatic rings. The highest BCUT2D eigenvalue weighted by Gasteiger charge is 2.29. The van der Waals surface area contributed by atoms with Gasteiger partial charge in [0.05, 0.1) is 0 Å². The van der Waals surface area contributed by atoms with Gasteiger partial charge in [-0.05, 0) is 42.4 Å². The van der Waals surface area contributed by atoms with Crippen molar-refractivity contribution in [1.82, 2.24) is 0 Å². The van der Waals surface area contributed by atoms with Gasteiger partial charge in [0.1, 0.15) is 0 Å². The quantitative estimate of drug-likeness (QED) is 0.838. The van der Waals surface area contributed by atoms with Gasteiger partial charge in [0.2, 0.25) is 0 Å². The summed E-state index contributed by atoms with van der Waals surface area (Å²) in [5.41, 5.74) is 10.9. The second-order valence-electron chi connectivity index (χ2n) is 5.41. The van der Waals surface area contributed by atoms with Crippen molar-refractivity contribution in [2.45, 2.75) is 64.3 Å². The summed E-state index contributed by atoms with van der Waals surface area (Å²) in [5.74, 6) is 0. The van der Waals surface area contributed by atoms with Gasteiger partial charge in [-0.15, -0.1) is 0 Å². The van der Waals surface area contributed by atoms with Crippen molar-refractivity contribution in [3.05, 3.63) is 34.9 Å². The Bertz CT molecular complexity index is 375. The lowest BCUT2D eigenvalue weighted by Crippen LogP contribution is -2.38. The van der Waals surface area contributed by atoms with Gasteiger partial charge in [0, 0.05) is 5.54 Å². The lowest BCUT2D eigenvalue weighted by Gasteiger charge is -2.34. The lowest BCUT2D eigenvalue weighted by atomic mass is 9.76. The molecular weight excluding hydrogens is 206 g/mol. The Hall–Kier alpha value is -0.820. The maximum absolute atomic E-state index is 6.60. The van der Waals surface area contributed by atoms with E-state index in [0.717, 1.165) is 25.7 Å². The van der Waals surface area contributed by atoms with E-state index in [1.807, 2.05) is 0 Å². The minimum Gasteiger partial charge on any atom is -0.321 e. The first kappa shape index (κ1) is 12.6. The average molecular weight is 231 g/mol. The zero-order chi connectivity index (χ0) is 12.3. The van der Waals surface area contributed by atoms with Crippen LogP contribution in [0.1, 0.15) is 62.6 Å². The van der Waals surface area contributed by atoms with Crippen LogP contribution in [0.5, 0.6) is 0 Å². The molecule has 1 aliphatic carbocycles. The maximum Gasteiger partial charge on any atom is 0.0409 e. The molecular formula is C16H25N. The Morgan fingerprint density at radius 3 is 2.24 bits per heavy atom. The van der Waals surface area contributed by atoms with E-state index in [1.165, 1.54) is 36.0 Å². The molecule has 17 heavy (non-hydrogen) atoms. The normalized spacial score (nSPS) is 19.2. The molecule has 1 aliphatic rings. The fourth-order valence-electron chi connectivity index (χ4n) is 3.08. The van der Waals surface area contributed by atoms with E-state index >= 15 is 0 Å². The summed E-state index contributed by atoms with van der Waals surface area (Å²) in [4.78, 5) is 0. The zero-order valence-corrected chi connectivity index (χ0v) is 11.3. The molecule has 0 aliphatic heterocycles. The summed E-state index contributed by atoms with van der Waals surface area (Å²) in [6, 6.07) is 6.92. The lowest BCUT2D eigenvalue weighted by molar-refractivity contribution is 0.302. The van der Waals surface area contributed by atoms with Gasteiger partial charge in [-0.25, -0.2) is 0 Å². The molecule has 2 N–H and O–H groups in total. The highest BCUT2D eigenvalue weighted by atomic mass is 14.7. The van der Waals surface area contributed by atoms with Crippen molar-refractivity contribution in [1.29, 1.82) is 0 Å². The van der Waals surface area contributed by atoms with E-state index in [4.69, 9.17) is 5.73 Å². The van der Waals surface area contributed by atoms with Crippen LogP contribution in [-0.4, -0.2) is 0 Å². The van der Waals surface area contributed by atoms with Crippen LogP contribution < -0.4 is 5.73 Å². The van der Waals surface area contributed by atoms with Gasteiger partial charge in [-0.2, -0.15) is 0 Å². The first-order valence-corrected chi connectivity index (χ1v) is 7.11. The molecule has 1 aromatic carbocycles. The first-order valence-electron chi connectivity index (χ1n) is 7.11. The highest BCUT2D eigenvalue weighted by Crippen LogP contribution is 2.35. The molecule has 2 rings (SSSR count). The van der Waals surface area contributed by atoms with Gasteiger partial charge in [0.15, 0.2) is 0 Å². The third-order valence-electron chi connectivity index (χ3n) is 4.29. The monoisotopic (exact) mass is 231 g/mol. The predicted octanol–water partition coefficient (Wildman–Crippen LogP) is 3.93. The van der Waals surface area contributed by atoms with Crippen LogP contribution in [0.25, 0.3) is 0 Å². The first-order chi connectivity index (χ1) is 8.19. The standard InChI is InChI=1S/C16H25N/c1-3-13-8-9-15(12-14(13)4-2)16(17)10-6-5-7-11-16/h8-9,12H,3-7,10-11,17H2,1-2H3. The Morgan fingerprint density at radius 1 is 1.00 bits per heavy atom. The van der Waals surface area contributed by atoms with Crippen molar-refractivity contribution >= 4 is 0 Å². The van der Waals surface area contributed by atoms with Crippen molar-refractivity contribution in [2.75, 3.05) is 0 Å². The van der Waals surface area contributed by atoms with Crippen LogP contribution in [-0.2, 0) is 18.4 Å². The smallest absolute Gasteiger partial charge is 0.0409 e. The van der Waals surface area contributed by atoms with Gasteiger partial charge in [-0.3, -0.25) is 0 Å². The van der Waals surface area contributed by atoms with Crippen molar-refractivity contribution in [3.8, 4) is 0 Å². The molecule has 0 bridgehead atoms. The Balaban J connectivity index is 2.32. The molecule has 1 heteroatoms. The molecule has 94 valence electrons. The van der Waals surface area contributed by atoms with E-state index < -0.39 is 0 Å². The summed E-state index contributed by atoms with van der Waals surface area (Å²) >= 11 is 0. The van der Waals surface area contributed by atoms with Crippen molar-refractivity contribution < 1.29 is 0 Å². The van der Waals surface area contributed by atoms with Crippen LogP contribution in [0, 0.1) is 0 Å². The average Bonchev–Trinajstić information content (AvgIpc) is 2.38. The largest absolute Gasteiger partial charge is 0.321 e. The minimum absolute atomic E-state index is 0.0472. The number of hydrogen-bond donors (Lipinski definition) is 1. The summed E-state index contributed by atoms with van der Waals surface area (Å²) in [7, 11) is 0. The summed E-state index contributed by atoms with van der Waals surface area (Å²) in [6.07, 6.45) is 8.48. The molecule has 0 saturated heterocycles. The summed E-state index contributed by atoms with van der Waals surface area (Å²) in [5, 5.41) is 0. The molecule has 1 nitrogen and oxygen atoms in total. The third kappa shape index (κ3) is 2.55. The predicted molar refractivity (Wildman–Crippen MR) is 74.1 cm³/mol. The van der Waals surface area contributed by atoms with Gasteiger partial charge in [0.25, 0.3) is 0 Å². The van der Waals surface area contributed by atoms with Crippen molar-refractivity contribution in [3.63, 3.8) is 0 Å². The third-order valence-corrected chi connectivity index (χ3v) is 4.29. The van der Waals surface area contributed by atoms with Gasteiger partial charge < -0.3 is 5.73 Å². The van der Waals surface area contributed by atoms with Crippen LogP contribution in [0.15, 0.2) is 18.2 Å². The fraction of sp³-hybridized carbons (Fsp3) is 0.625. The SMILES string of the molecule is CCc1ccc(C2(N)CCCCC2)cc1CC. The molecule has 0 atom stereocenters. The van der Waals surface area contributed by atoms with Gasteiger partial charge >= 0.3 is 0 Å². The van der Waals surface area contributed by atoms with Crippen LogP contribution in [0.2, 0.25) is 0 Å². The number of benzene rings is 1. The molecule has 0 unspecified atom stereocenters. The van der Waals surface area contributed by atoms with Crippen LogP contribution in [0.3, 0.4) is 0 Å².